The summed E-state index contributed by atoms with van der Waals surface area (Å²) in [6, 6.07) is 9.93. The van der Waals surface area contributed by atoms with E-state index in [9.17, 15) is 32.3 Å². The molecule has 13 nitrogen and oxygen atoms in total. The van der Waals surface area contributed by atoms with Crippen molar-refractivity contribution in [1.82, 2.24) is 19.9 Å². The smallest absolute Gasteiger partial charge is 0.432 e. The van der Waals surface area contributed by atoms with Crippen molar-refractivity contribution in [2.75, 3.05) is 40.3 Å². The van der Waals surface area contributed by atoms with Crippen molar-refractivity contribution in [3.05, 3.63) is 82.1 Å². The molecule has 51 heavy (non-hydrogen) atoms. The van der Waals surface area contributed by atoms with Crippen molar-refractivity contribution in [1.29, 1.82) is 0 Å². The molecule has 1 spiro atoms. The van der Waals surface area contributed by atoms with Gasteiger partial charge in [-0.05, 0) is 42.7 Å². The SMILES string of the molecule is COC(=O)c1c(C(F)(F)F)[nH]c2c1[C@@]13C[C@@H]1CN(C(=O)c1cc4cc(NC(=O)c5cc6c(OC)c(OC)c(OC)cc6[nH]5)ccc4[nH]1)C3=CC2=O. The normalized spacial score (nSPS) is 19.0. The number of allylic oxidation sites excluding steroid dienone is 2. The summed E-state index contributed by atoms with van der Waals surface area (Å²) >= 11 is 0. The predicted molar refractivity (Wildman–Crippen MR) is 175 cm³/mol. The van der Waals surface area contributed by atoms with Crippen molar-refractivity contribution in [3.8, 4) is 17.2 Å². The Kier molecular flexibility index (Phi) is 6.85. The summed E-state index contributed by atoms with van der Waals surface area (Å²) in [6.07, 6.45) is -3.42. The van der Waals surface area contributed by atoms with Crippen LogP contribution >= 0.6 is 0 Å². The number of methoxy groups -OCH3 is 4. The number of nitrogens with one attached hydrogen (secondary N) is 4. The third-order valence-corrected chi connectivity index (χ3v) is 9.91. The van der Waals surface area contributed by atoms with Crippen LogP contribution < -0.4 is 19.5 Å². The van der Waals surface area contributed by atoms with Crippen molar-refractivity contribution < 1.29 is 51.3 Å². The number of anilines is 1. The van der Waals surface area contributed by atoms with E-state index >= 15 is 0 Å². The molecule has 2 aliphatic carbocycles. The van der Waals surface area contributed by atoms with Gasteiger partial charge >= 0.3 is 12.1 Å². The number of rotatable bonds is 7. The zero-order valence-electron chi connectivity index (χ0n) is 27.4. The van der Waals surface area contributed by atoms with E-state index in [1.807, 2.05) is 0 Å². The molecule has 5 aromatic rings. The first-order chi connectivity index (χ1) is 24.3. The first-order valence-electron chi connectivity index (χ1n) is 15.6. The molecule has 2 aromatic carbocycles. The number of piperidine rings is 1. The molecule has 1 saturated heterocycles. The summed E-state index contributed by atoms with van der Waals surface area (Å²) in [5.41, 5.74) is -1.36. The van der Waals surface area contributed by atoms with E-state index in [0.717, 1.165) is 7.11 Å². The maximum absolute atomic E-state index is 14.0. The fourth-order valence-corrected chi connectivity index (χ4v) is 7.65. The summed E-state index contributed by atoms with van der Waals surface area (Å²) in [7, 11) is 5.43. The Balaban J connectivity index is 1.07. The molecule has 3 aromatic heterocycles. The molecule has 3 aliphatic rings. The fourth-order valence-electron chi connectivity index (χ4n) is 7.65. The van der Waals surface area contributed by atoms with Crippen LogP contribution in [0.25, 0.3) is 21.8 Å². The van der Waals surface area contributed by atoms with Crippen LogP contribution in [0.5, 0.6) is 17.2 Å². The van der Waals surface area contributed by atoms with E-state index < -0.39 is 46.4 Å². The number of benzene rings is 2. The largest absolute Gasteiger partial charge is 0.493 e. The Bertz CT molecular complexity index is 2400. The number of hydrogen-bond acceptors (Lipinski definition) is 8. The molecule has 2 amide bonds. The average Bonchev–Trinajstić information content (AvgIpc) is 3.57. The quantitative estimate of drug-likeness (QED) is 0.160. The van der Waals surface area contributed by atoms with Gasteiger partial charge in [0.1, 0.15) is 17.1 Å². The molecule has 1 aliphatic heterocycles. The molecule has 0 radical (unpaired) electrons. The van der Waals surface area contributed by atoms with Gasteiger partial charge in [0.15, 0.2) is 11.5 Å². The van der Waals surface area contributed by atoms with Gasteiger partial charge in [0.2, 0.25) is 11.5 Å². The summed E-state index contributed by atoms with van der Waals surface area (Å²) in [4.78, 5) is 62.7. The second kappa shape index (κ2) is 10.9. The molecule has 0 unspecified atom stereocenters. The van der Waals surface area contributed by atoms with Gasteiger partial charge in [-0.2, -0.15) is 13.2 Å². The number of carbonyl (C=O) groups is 4. The third kappa shape index (κ3) is 4.54. The van der Waals surface area contributed by atoms with Gasteiger partial charge in [0, 0.05) is 57.3 Å². The Labute approximate surface area is 285 Å². The summed E-state index contributed by atoms with van der Waals surface area (Å²) < 4.78 is 63.1. The molecule has 4 N–H and O–H groups in total. The number of likely N-dealkylation sites (tertiary alicyclic amines) is 1. The van der Waals surface area contributed by atoms with Crippen molar-refractivity contribution in [2.24, 2.45) is 5.92 Å². The van der Waals surface area contributed by atoms with Crippen LogP contribution in [0.4, 0.5) is 18.9 Å². The Hall–Kier alpha value is -6.19. The fraction of sp³-hybridized carbons (Fsp3) is 0.257. The summed E-state index contributed by atoms with van der Waals surface area (Å²) in [5.74, 6) is -2.06. The zero-order valence-corrected chi connectivity index (χ0v) is 27.4. The monoisotopic (exact) mass is 703 g/mol. The number of aromatic nitrogens is 3. The predicted octanol–water partition coefficient (Wildman–Crippen LogP) is 5.55. The number of hydrogen-bond donors (Lipinski definition) is 4. The van der Waals surface area contributed by atoms with Crippen molar-refractivity contribution in [3.63, 3.8) is 0 Å². The van der Waals surface area contributed by atoms with Crippen LogP contribution in [0.1, 0.15) is 59.5 Å². The molecule has 262 valence electrons. The van der Waals surface area contributed by atoms with Gasteiger partial charge in [0.25, 0.3) is 11.8 Å². The highest BCUT2D eigenvalue weighted by Crippen LogP contribution is 2.68. The Morgan fingerprint density at radius 1 is 0.922 bits per heavy atom. The van der Waals surface area contributed by atoms with Crippen LogP contribution in [-0.2, 0) is 16.3 Å². The van der Waals surface area contributed by atoms with Crippen LogP contribution in [0.3, 0.4) is 0 Å². The Morgan fingerprint density at radius 2 is 1.67 bits per heavy atom. The van der Waals surface area contributed by atoms with Crippen LogP contribution in [-0.4, -0.2) is 78.4 Å². The lowest BCUT2D eigenvalue weighted by atomic mass is 9.82. The third-order valence-electron chi connectivity index (χ3n) is 9.91. The van der Waals surface area contributed by atoms with Crippen LogP contribution in [0.2, 0.25) is 0 Å². The van der Waals surface area contributed by atoms with E-state index in [0.29, 0.717) is 51.2 Å². The highest BCUT2D eigenvalue weighted by molar-refractivity contribution is 6.12. The van der Waals surface area contributed by atoms with Gasteiger partial charge in [-0.1, -0.05) is 0 Å². The number of nitrogens with zero attached hydrogens (tertiary/aromatic N) is 1. The number of carbonyl (C=O) groups excluding carboxylic acids is 4. The number of halogens is 3. The van der Waals surface area contributed by atoms with Crippen LogP contribution in [0.15, 0.2) is 48.2 Å². The van der Waals surface area contributed by atoms with E-state index in [1.54, 1.807) is 36.4 Å². The maximum Gasteiger partial charge on any atom is 0.432 e. The van der Waals surface area contributed by atoms with E-state index in [2.05, 4.69) is 20.3 Å². The highest BCUT2D eigenvalue weighted by atomic mass is 19.4. The molecule has 1 saturated carbocycles. The summed E-state index contributed by atoms with van der Waals surface area (Å²) in [5, 5.41) is 4.04. The first-order valence-corrected chi connectivity index (χ1v) is 15.6. The number of H-pyrrole nitrogens is 3. The highest BCUT2D eigenvalue weighted by Gasteiger charge is 2.69. The summed E-state index contributed by atoms with van der Waals surface area (Å²) in [6.45, 7) is 0.133. The number of ketones is 1. The second-order valence-electron chi connectivity index (χ2n) is 12.5. The maximum atomic E-state index is 14.0. The number of amides is 2. The molecule has 2 atom stereocenters. The van der Waals surface area contributed by atoms with E-state index in [4.69, 9.17) is 18.9 Å². The van der Waals surface area contributed by atoms with Gasteiger partial charge < -0.3 is 44.1 Å². The molecule has 2 fully saturated rings. The molecule has 4 heterocycles. The topological polar surface area (TPSA) is 168 Å². The zero-order chi connectivity index (χ0) is 36.1. The molecule has 16 heteroatoms. The molecule has 8 rings (SSSR count). The Morgan fingerprint density at radius 3 is 2.35 bits per heavy atom. The lowest BCUT2D eigenvalue weighted by Gasteiger charge is -2.28. The van der Waals surface area contributed by atoms with Gasteiger partial charge in [-0.15, -0.1) is 0 Å². The van der Waals surface area contributed by atoms with Crippen molar-refractivity contribution in [2.45, 2.75) is 18.0 Å². The lowest BCUT2D eigenvalue weighted by molar-refractivity contribution is -0.141. The molecule has 0 bridgehead atoms. The first kappa shape index (κ1) is 32.0. The minimum atomic E-state index is -4.95. The van der Waals surface area contributed by atoms with Gasteiger partial charge in [0.05, 0.1) is 45.2 Å². The van der Waals surface area contributed by atoms with Gasteiger partial charge in [-0.3, -0.25) is 14.4 Å². The lowest BCUT2D eigenvalue weighted by Crippen LogP contribution is -2.34. The van der Waals surface area contributed by atoms with Gasteiger partial charge in [-0.25, -0.2) is 4.79 Å². The van der Waals surface area contributed by atoms with Crippen molar-refractivity contribution >= 4 is 51.1 Å². The standard InChI is InChI=1S/C35H28F3N5O8/c1-48-23-10-19-17(28(49-2)29(23)50-3)9-20(41-19)31(45)39-16-5-6-18-14(7-16)8-21(40-18)32(46)43-13-15-12-34(15)24(43)11-22(44)27-26(34)25(33(47)51-4)30(42-27)35(36,37)38/h5-11,15,40-42H,12-13H2,1-4H3,(H,39,45)/t15-,34+/m1/s1. The number of esters is 1. The number of aromatic amines is 3. The number of fused-ring (bicyclic) bond motifs is 3. The van der Waals surface area contributed by atoms with E-state index in [-0.39, 0.29) is 40.8 Å². The van der Waals surface area contributed by atoms with E-state index in [1.165, 1.54) is 32.3 Å². The second-order valence-corrected chi connectivity index (χ2v) is 12.5. The number of alkyl halides is 3. The minimum absolute atomic E-state index is 0.0758. The number of ether oxygens (including phenoxy) is 4. The van der Waals surface area contributed by atoms with Crippen LogP contribution in [0, 0.1) is 5.92 Å². The average molecular weight is 704 g/mol. The molecular formula is C35H28F3N5O8. The minimum Gasteiger partial charge on any atom is -0.493 e. The molecular weight excluding hydrogens is 675 g/mol.